The number of thioether (sulfide) groups is 2. The molecule has 0 spiro atoms. The first-order valence-corrected chi connectivity index (χ1v) is 8.11. The third-order valence-electron chi connectivity index (χ3n) is 2.81. The van der Waals surface area contributed by atoms with Crippen LogP contribution in [0.3, 0.4) is 0 Å². The summed E-state index contributed by atoms with van der Waals surface area (Å²) in [4.78, 5) is 12.0. The highest BCUT2D eigenvalue weighted by molar-refractivity contribution is 8.06. The molecule has 1 atom stereocenters. The van der Waals surface area contributed by atoms with Crippen LogP contribution >= 0.6 is 23.5 Å². The topological polar surface area (TPSA) is 29.1 Å². The van der Waals surface area contributed by atoms with Crippen molar-refractivity contribution in [2.24, 2.45) is 0 Å². The molecule has 1 aromatic carbocycles. The molecule has 5 heteroatoms. The average Bonchev–Trinajstić information content (AvgIpc) is 2.37. The van der Waals surface area contributed by atoms with Crippen LogP contribution < -0.4 is 5.32 Å². The summed E-state index contributed by atoms with van der Waals surface area (Å²) in [5, 5.41) is 3.43. The second-order valence-electron chi connectivity index (χ2n) is 4.24. The summed E-state index contributed by atoms with van der Waals surface area (Å²) in [6.45, 7) is 2.44. The highest BCUT2D eigenvalue weighted by atomic mass is 32.2. The summed E-state index contributed by atoms with van der Waals surface area (Å²) in [6.07, 6.45) is 0. The van der Waals surface area contributed by atoms with E-state index in [0.29, 0.717) is 22.9 Å². The smallest absolute Gasteiger partial charge is 0.251 e. The van der Waals surface area contributed by atoms with Gasteiger partial charge in [-0.3, -0.25) is 4.79 Å². The normalized spacial score (nSPS) is 19.6. The quantitative estimate of drug-likeness (QED) is 0.926. The van der Waals surface area contributed by atoms with E-state index in [4.69, 9.17) is 0 Å². The molecule has 2 nitrogen and oxygen atoms in total. The Morgan fingerprint density at radius 3 is 3.00 bits per heavy atom. The summed E-state index contributed by atoms with van der Waals surface area (Å²) in [5.74, 6) is 3.03. The van der Waals surface area contributed by atoms with Crippen LogP contribution in [0.1, 0.15) is 15.9 Å². The highest BCUT2D eigenvalue weighted by Crippen LogP contribution is 2.23. The molecule has 1 N–H and O–H groups in total. The minimum atomic E-state index is -0.303. The van der Waals surface area contributed by atoms with E-state index in [0.717, 1.165) is 11.5 Å². The molecule has 1 fully saturated rings. The lowest BCUT2D eigenvalue weighted by Gasteiger charge is -2.21. The number of carbonyl (C=O) groups excluding carboxylic acids is 1. The third-order valence-corrected chi connectivity index (χ3v) is 5.65. The molecule has 0 saturated carbocycles. The zero-order chi connectivity index (χ0) is 13.0. The summed E-state index contributed by atoms with van der Waals surface area (Å²) < 4.78 is 12.9. The maximum absolute atomic E-state index is 12.9. The van der Waals surface area contributed by atoms with Gasteiger partial charge in [0.15, 0.2) is 0 Å². The summed E-state index contributed by atoms with van der Waals surface area (Å²) in [7, 11) is 0. The van der Waals surface area contributed by atoms with Gasteiger partial charge >= 0.3 is 0 Å². The van der Waals surface area contributed by atoms with Crippen molar-refractivity contribution in [3.8, 4) is 0 Å². The van der Waals surface area contributed by atoms with Crippen LogP contribution in [0.5, 0.6) is 0 Å². The Balaban J connectivity index is 1.90. The molecule has 98 valence electrons. The number of benzene rings is 1. The van der Waals surface area contributed by atoms with E-state index in [2.05, 4.69) is 5.32 Å². The number of nitrogens with one attached hydrogen (secondary N) is 1. The van der Waals surface area contributed by atoms with Gasteiger partial charge in [-0.05, 0) is 30.7 Å². The van der Waals surface area contributed by atoms with Crippen LogP contribution in [0.4, 0.5) is 4.39 Å². The van der Waals surface area contributed by atoms with E-state index in [9.17, 15) is 9.18 Å². The van der Waals surface area contributed by atoms with Gasteiger partial charge in [0.25, 0.3) is 5.91 Å². The molecule has 2 rings (SSSR count). The zero-order valence-electron chi connectivity index (χ0n) is 10.2. The van der Waals surface area contributed by atoms with E-state index < -0.39 is 0 Å². The van der Waals surface area contributed by atoms with Crippen molar-refractivity contribution in [1.82, 2.24) is 5.32 Å². The number of halogens is 1. The lowest BCUT2D eigenvalue weighted by Crippen LogP contribution is -2.33. The number of hydrogen-bond acceptors (Lipinski definition) is 3. The standard InChI is InChI=1S/C13H16FNOS2/c1-9-6-10(14)2-3-12(9)13(16)15-7-11-8-17-4-5-18-11/h2-3,6,11H,4-5,7-8H2,1H3,(H,15,16). The Labute approximate surface area is 115 Å². The van der Waals surface area contributed by atoms with Crippen molar-refractivity contribution in [3.63, 3.8) is 0 Å². The van der Waals surface area contributed by atoms with Gasteiger partial charge in [0.1, 0.15) is 5.82 Å². The van der Waals surface area contributed by atoms with E-state index in [1.807, 2.05) is 23.5 Å². The fourth-order valence-corrected chi connectivity index (χ4v) is 4.45. The lowest BCUT2D eigenvalue weighted by molar-refractivity contribution is 0.0953. The molecular formula is C13H16FNOS2. The zero-order valence-corrected chi connectivity index (χ0v) is 11.9. The van der Waals surface area contributed by atoms with Gasteiger partial charge in [0, 0.05) is 34.6 Å². The van der Waals surface area contributed by atoms with Crippen LogP contribution in [-0.4, -0.2) is 35.0 Å². The van der Waals surface area contributed by atoms with Gasteiger partial charge in [-0.2, -0.15) is 23.5 Å². The van der Waals surface area contributed by atoms with Gasteiger partial charge in [0.2, 0.25) is 0 Å². The first-order chi connectivity index (χ1) is 8.66. The van der Waals surface area contributed by atoms with Crippen molar-refractivity contribution in [2.45, 2.75) is 12.2 Å². The van der Waals surface area contributed by atoms with Gasteiger partial charge in [-0.15, -0.1) is 0 Å². The maximum Gasteiger partial charge on any atom is 0.251 e. The fourth-order valence-electron chi connectivity index (χ4n) is 1.84. The predicted molar refractivity (Wildman–Crippen MR) is 77.0 cm³/mol. The number of carbonyl (C=O) groups is 1. The first kappa shape index (κ1) is 13.7. The molecule has 1 unspecified atom stereocenters. The second-order valence-corrected chi connectivity index (χ2v) is 6.80. The summed E-state index contributed by atoms with van der Waals surface area (Å²) >= 11 is 3.85. The second kappa shape index (κ2) is 6.48. The van der Waals surface area contributed by atoms with Gasteiger partial charge < -0.3 is 5.32 Å². The van der Waals surface area contributed by atoms with Crippen molar-refractivity contribution >= 4 is 29.4 Å². The molecule has 1 saturated heterocycles. The number of rotatable bonds is 3. The van der Waals surface area contributed by atoms with Crippen molar-refractivity contribution in [1.29, 1.82) is 0 Å². The van der Waals surface area contributed by atoms with Crippen LogP contribution in [0.25, 0.3) is 0 Å². The maximum atomic E-state index is 12.9. The molecule has 0 aliphatic carbocycles. The fraction of sp³-hybridized carbons (Fsp3) is 0.462. The largest absolute Gasteiger partial charge is 0.351 e. The Morgan fingerprint density at radius 2 is 2.33 bits per heavy atom. The van der Waals surface area contributed by atoms with E-state index in [-0.39, 0.29) is 11.7 Å². The summed E-state index contributed by atoms with van der Waals surface area (Å²) in [6, 6.07) is 4.26. The van der Waals surface area contributed by atoms with E-state index in [1.54, 1.807) is 13.0 Å². The Kier molecular flexibility index (Phi) is 4.95. The van der Waals surface area contributed by atoms with Crippen molar-refractivity contribution in [3.05, 3.63) is 35.1 Å². The Morgan fingerprint density at radius 1 is 1.50 bits per heavy atom. The first-order valence-electron chi connectivity index (χ1n) is 5.90. The van der Waals surface area contributed by atoms with Crippen LogP contribution in [0, 0.1) is 12.7 Å². The number of hydrogen-bond donors (Lipinski definition) is 1. The molecule has 0 bridgehead atoms. The van der Waals surface area contributed by atoms with Gasteiger partial charge in [-0.1, -0.05) is 0 Å². The molecule has 1 aliphatic heterocycles. The average molecular weight is 285 g/mol. The Hall–Kier alpha value is -0.680. The highest BCUT2D eigenvalue weighted by Gasteiger charge is 2.16. The van der Waals surface area contributed by atoms with E-state index in [1.165, 1.54) is 17.9 Å². The van der Waals surface area contributed by atoms with Crippen LogP contribution in [0.2, 0.25) is 0 Å². The minimum Gasteiger partial charge on any atom is -0.351 e. The monoisotopic (exact) mass is 285 g/mol. The molecule has 0 aromatic heterocycles. The number of aryl methyl sites for hydroxylation is 1. The molecule has 1 amide bonds. The minimum absolute atomic E-state index is 0.108. The molecule has 1 heterocycles. The molecule has 0 radical (unpaired) electrons. The molecule has 18 heavy (non-hydrogen) atoms. The van der Waals surface area contributed by atoms with E-state index >= 15 is 0 Å². The molecule has 1 aliphatic rings. The number of amides is 1. The van der Waals surface area contributed by atoms with Crippen molar-refractivity contribution in [2.75, 3.05) is 23.8 Å². The summed E-state index contributed by atoms with van der Waals surface area (Å²) in [5.41, 5.74) is 1.24. The van der Waals surface area contributed by atoms with Gasteiger partial charge in [0.05, 0.1) is 0 Å². The van der Waals surface area contributed by atoms with Crippen molar-refractivity contribution < 1.29 is 9.18 Å². The SMILES string of the molecule is Cc1cc(F)ccc1C(=O)NCC1CSCCS1. The predicted octanol–water partition coefficient (Wildman–Crippen LogP) is 2.71. The Bertz CT molecular complexity index is 433. The van der Waals surface area contributed by atoms with Crippen LogP contribution in [-0.2, 0) is 0 Å². The van der Waals surface area contributed by atoms with Gasteiger partial charge in [-0.25, -0.2) is 4.39 Å². The van der Waals surface area contributed by atoms with Crippen LogP contribution in [0.15, 0.2) is 18.2 Å². The molecular weight excluding hydrogens is 269 g/mol. The third kappa shape index (κ3) is 3.65. The lowest BCUT2D eigenvalue weighted by atomic mass is 10.1. The molecule has 1 aromatic rings.